The molecule has 1 aromatic heterocycles. The van der Waals surface area contributed by atoms with Gasteiger partial charge in [-0.05, 0) is 24.5 Å². The molecular weight excluding hydrogens is 295 g/mol. The van der Waals surface area contributed by atoms with Crippen LogP contribution in [0.2, 0.25) is 10.2 Å². The highest BCUT2D eigenvalue weighted by Gasteiger charge is 2.04. The van der Waals surface area contributed by atoms with Gasteiger partial charge in [0.2, 0.25) is 0 Å². The summed E-state index contributed by atoms with van der Waals surface area (Å²) in [7, 11) is 0. The lowest BCUT2D eigenvalue weighted by molar-refractivity contribution is 0.894. The molecule has 0 saturated heterocycles. The van der Waals surface area contributed by atoms with E-state index in [1.165, 1.54) is 23.5 Å². The van der Waals surface area contributed by atoms with Crippen molar-refractivity contribution in [1.82, 2.24) is 9.97 Å². The second-order valence-corrected chi connectivity index (χ2v) is 5.77. The van der Waals surface area contributed by atoms with Crippen LogP contribution >= 0.6 is 46.7 Å². The van der Waals surface area contributed by atoms with Crippen LogP contribution in [0.3, 0.4) is 0 Å². The molecule has 0 N–H and O–H groups in total. The predicted octanol–water partition coefficient (Wildman–Crippen LogP) is 4.66. The third-order valence-corrected chi connectivity index (χ3v) is 3.74. The topological polar surface area (TPSA) is 25.8 Å². The molecule has 0 bridgehead atoms. The molecule has 2 nitrogen and oxygen atoms in total. The van der Waals surface area contributed by atoms with Crippen LogP contribution in [0.1, 0.15) is 0 Å². The van der Waals surface area contributed by atoms with Crippen LogP contribution in [0, 0.1) is 0 Å². The number of rotatable bonds is 3. The van der Waals surface area contributed by atoms with Gasteiger partial charge in [-0.15, -0.1) is 0 Å². The molecule has 0 spiro atoms. The Balaban J connectivity index is 2.26. The maximum Gasteiger partial charge on any atom is 0.189 e. The number of hydrogen-bond acceptors (Lipinski definition) is 4. The zero-order valence-electron chi connectivity index (χ0n) is 8.85. The van der Waals surface area contributed by atoms with Crippen molar-refractivity contribution in [3.63, 3.8) is 0 Å². The van der Waals surface area contributed by atoms with Gasteiger partial charge in [0.15, 0.2) is 5.16 Å². The second kappa shape index (κ2) is 5.96. The monoisotopic (exact) mass is 302 g/mol. The molecule has 1 aromatic carbocycles. The number of aromatic nitrogens is 2. The summed E-state index contributed by atoms with van der Waals surface area (Å²) in [4.78, 5) is 9.48. The summed E-state index contributed by atoms with van der Waals surface area (Å²) in [5.74, 6) is 0. The normalized spacial score (nSPS) is 10.5. The van der Waals surface area contributed by atoms with Gasteiger partial charge >= 0.3 is 0 Å². The van der Waals surface area contributed by atoms with Crippen molar-refractivity contribution in [2.24, 2.45) is 0 Å². The Kier molecular flexibility index (Phi) is 4.56. The van der Waals surface area contributed by atoms with Crippen LogP contribution in [0.5, 0.6) is 0 Å². The molecular formula is C11H8Cl2N2S2. The second-order valence-electron chi connectivity index (χ2n) is 3.08. The molecule has 17 heavy (non-hydrogen) atoms. The van der Waals surface area contributed by atoms with Crippen LogP contribution in [0.15, 0.2) is 45.4 Å². The predicted molar refractivity (Wildman–Crippen MR) is 74.4 cm³/mol. The lowest BCUT2D eigenvalue weighted by Crippen LogP contribution is -1.88. The first-order valence-electron chi connectivity index (χ1n) is 4.69. The van der Waals surface area contributed by atoms with E-state index in [9.17, 15) is 0 Å². The summed E-state index contributed by atoms with van der Waals surface area (Å²) in [6.45, 7) is 0. The summed E-state index contributed by atoms with van der Waals surface area (Å²) in [5.41, 5.74) is 0. The highest BCUT2D eigenvalue weighted by molar-refractivity contribution is 7.99. The fourth-order valence-electron chi connectivity index (χ4n) is 1.17. The summed E-state index contributed by atoms with van der Waals surface area (Å²) < 4.78 is 0. The Hall–Kier alpha value is -0.420. The Bertz CT molecular complexity index is 535. The van der Waals surface area contributed by atoms with E-state index in [1.807, 2.05) is 30.5 Å². The number of thioether (sulfide) groups is 1. The molecule has 0 aliphatic heterocycles. The Morgan fingerprint density at radius 1 is 1.12 bits per heavy atom. The van der Waals surface area contributed by atoms with Crippen LogP contribution in [-0.4, -0.2) is 16.2 Å². The molecule has 0 aliphatic carbocycles. The molecule has 0 atom stereocenters. The zero-order chi connectivity index (χ0) is 12.3. The van der Waals surface area contributed by atoms with Crippen LogP contribution < -0.4 is 0 Å². The number of halogens is 2. The van der Waals surface area contributed by atoms with Crippen molar-refractivity contribution in [2.75, 3.05) is 6.26 Å². The molecule has 0 saturated carbocycles. The summed E-state index contributed by atoms with van der Waals surface area (Å²) in [5, 5.41) is 2.65. The van der Waals surface area contributed by atoms with Gasteiger partial charge in [0, 0.05) is 16.0 Å². The Labute approximate surface area is 118 Å². The maximum atomic E-state index is 5.92. The molecule has 2 rings (SSSR count). The first kappa shape index (κ1) is 13.0. The zero-order valence-corrected chi connectivity index (χ0v) is 12.0. The van der Waals surface area contributed by atoms with Crippen LogP contribution in [0.4, 0.5) is 0 Å². The molecule has 2 aromatic rings. The van der Waals surface area contributed by atoms with Gasteiger partial charge in [-0.1, -0.05) is 52.8 Å². The first-order chi connectivity index (χ1) is 8.17. The quantitative estimate of drug-likeness (QED) is 0.468. The number of benzene rings is 1. The maximum absolute atomic E-state index is 5.92. The summed E-state index contributed by atoms with van der Waals surface area (Å²) in [6, 6.07) is 9.36. The van der Waals surface area contributed by atoms with E-state index in [2.05, 4.69) is 9.97 Å². The molecule has 0 aliphatic rings. The van der Waals surface area contributed by atoms with E-state index in [1.54, 1.807) is 6.07 Å². The van der Waals surface area contributed by atoms with Gasteiger partial charge < -0.3 is 0 Å². The fraction of sp³-hybridized carbons (Fsp3) is 0.0909. The van der Waals surface area contributed by atoms with Crippen molar-refractivity contribution >= 4 is 46.7 Å². The van der Waals surface area contributed by atoms with Crippen LogP contribution in [0.25, 0.3) is 0 Å². The van der Waals surface area contributed by atoms with E-state index in [0.717, 1.165) is 9.92 Å². The molecule has 6 heteroatoms. The van der Waals surface area contributed by atoms with Crippen molar-refractivity contribution in [2.45, 2.75) is 15.1 Å². The smallest absolute Gasteiger partial charge is 0.189 e. The van der Waals surface area contributed by atoms with E-state index in [-0.39, 0.29) is 0 Å². The van der Waals surface area contributed by atoms with Gasteiger partial charge in [0.1, 0.15) is 10.2 Å². The molecule has 0 unspecified atom stereocenters. The average Bonchev–Trinajstić information content (AvgIpc) is 2.28. The van der Waals surface area contributed by atoms with Crippen molar-refractivity contribution in [3.8, 4) is 0 Å². The Morgan fingerprint density at radius 2 is 1.94 bits per heavy atom. The molecule has 88 valence electrons. The highest BCUT2D eigenvalue weighted by atomic mass is 35.5. The molecule has 0 amide bonds. The highest BCUT2D eigenvalue weighted by Crippen LogP contribution is 2.30. The standard InChI is InChI=1S/C11H8Cl2N2S2/c1-16-11-14-9(13)6-10(15-11)17-8-4-2-3-7(12)5-8/h2-6H,1H3. The van der Waals surface area contributed by atoms with E-state index in [4.69, 9.17) is 23.2 Å². The minimum Gasteiger partial charge on any atom is -0.216 e. The Morgan fingerprint density at radius 3 is 2.65 bits per heavy atom. The number of nitrogens with zero attached hydrogens (tertiary/aromatic N) is 2. The van der Waals surface area contributed by atoms with Crippen LogP contribution in [-0.2, 0) is 0 Å². The van der Waals surface area contributed by atoms with Crippen molar-refractivity contribution in [1.29, 1.82) is 0 Å². The van der Waals surface area contributed by atoms with Gasteiger partial charge in [-0.3, -0.25) is 0 Å². The first-order valence-corrected chi connectivity index (χ1v) is 7.49. The van der Waals surface area contributed by atoms with Crippen molar-refractivity contribution in [3.05, 3.63) is 40.5 Å². The van der Waals surface area contributed by atoms with Gasteiger partial charge in [0.05, 0.1) is 0 Å². The largest absolute Gasteiger partial charge is 0.216 e. The van der Waals surface area contributed by atoms with Gasteiger partial charge in [0.25, 0.3) is 0 Å². The third kappa shape index (κ3) is 3.78. The van der Waals surface area contributed by atoms with E-state index in [0.29, 0.717) is 15.3 Å². The van der Waals surface area contributed by atoms with E-state index >= 15 is 0 Å². The van der Waals surface area contributed by atoms with Gasteiger partial charge in [-0.2, -0.15) is 0 Å². The average molecular weight is 303 g/mol. The lowest BCUT2D eigenvalue weighted by Gasteiger charge is -2.03. The molecule has 0 fully saturated rings. The number of hydrogen-bond donors (Lipinski definition) is 0. The molecule has 1 heterocycles. The summed E-state index contributed by atoms with van der Waals surface area (Å²) in [6.07, 6.45) is 1.92. The van der Waals surface area contributed by atoms with E-state index < -0.39 is 0 Å². The lowest BCUT2D eigenvalue weighted by atomic mass is 10.4. The van der Waals surface area contributed by atoms with Gasteiger partial charge in [-0.25, -0.2) is 9.97 Å². The van der Waals surface area contributed by atoms with Crippen molar-refractivity contribution < 1.29 is 0 Å². The fourth-order valence-corrected chi connectivity index (χ4v) is 3.04. The minimum absolute atomic E-state index is 0.453. The SMILES string of the molecule is CSc1nc(Cl)cc(Sc2cccc(Cl)c2)n1. The molecule has 0 radical (unpaired) electrons. The summed E-state index contributed by atoms with van der Waals surface area (Å²) >= 11 is 14.8. The third-order valence-electron chi connectivity index (χ3n) is 1.85. The minimum atomic E-state index is 0.453.